The first-order valence-electron chi connectivity index (χ1n) is 9.76. The summed E-state index contributed by atoms with van der Waals surface area (Å²) in [6, 6.07) is 12.6. The highest BCUT2D eigenvalue weighted by molar-refractivity contribution is 6.42. The van der Waals surface area contributed by atoms with Gasteiger partial charge < -0.3 is 0 Å². The molecular formula is C23H18Cl2N2O4. The molecule has 158 valence electrons. The number of hydrogen-bond acceptors (Lipinski definition) is 4. The lowest BCUT2D eigenvalue weighted by Gasteiger charge is -2.30. The molecule has 2 aliphatic rings. The Morgan fingerprint density at radius 2 is 1.48 bits per heavy atom. The Balaban J connectivity index is 1.71. The van der Waals surface area contributed by atoms with E-state index in [-0.39, 0.29) is 15.6 Å². The average Bonchev–Trinajstić information content (AvgIpc) is 3.04. The molecule has 2 aromatic rings. The number of carbonyl (C=O) groups excluding carboxylic acids is 4. The standard InChI is InChI=1S/C23H18Cl2N2O4/c24-18-11-10-15(12-19(18)25)21(29)26(13-20(28)14-6-2-1-3-7-14)27-22(30)16-8-4-5-9-17(16)23(27)31/h1-7,10-12,16-17H,8-9,13H2/t16-,17-/m1/s1. The van der Waals surface area contributed by atoms with Crippen LogP contribution in [0.2, 0.25) is 10.0 Å². The van der Waals surface area contributed by atoms with E-state index in [4.69, 9.17) is 23.2 Å². The zero-order valence-electron chi connectivity index (χ0n) is 16.3. The van der Waals surface area contributed by atoms with Crippen molar-refractivity contribution >= 4 is 46.7 Å². The minimum absolute atomic E-state index is 0.115. The molecular weight excluding hydrogens is 439 g/mol. The van der Waals surface area contributed by atoms with E-state index in [1.165, 1.54) is 18.2 Å². The van der Waals surface area contributed by atoms with E-state index < -0.39 is 41.9 Å². The number of nitrogens with zero attached hydrogens (tertiary/aromatic N) is 2. The molecule has 31 heavy (non-hydrogen) atoms. The van der Waals surface area contributed by atoms with Gasteiger partial charge >= 0.3 is 0 Å². The van der Waals surface area contributed by atoms with Crippen molar-refractivity contribution in [3.8, 4) is 0 Å². The number of benzene rings is 2. The van der Waals surface area contributed by atoms with Gasteiger partial charge in [0.05, 0.1) is 21.9 Å². The highest BCUT2D eigenvalue weighted by atomic mass is 35.5. The summed E-state index contributed by atoms with van der Waals surface area (Å²) in [7, 11) is 0. The first-order valence-corrected chi connectivity index (χ1v) is 10.5. The smallest absolute Gasteiger partial charge is 0.273 e. The third-order valence-electron chi connectivity index (χ3n) is 5.52. The minimum atomic E-state index is -0.684. The maximum Gasteiger partial charge on any atom is 0.273 e. The molecule has 0 aromatic heterocycles. The van der Waals surface area contributed by atoms with Crippen molar-refractivity contribution in [2.24, 2.45) is 11.8 Å². The summed E-state index contributed by atoms with van der Waals surface area (Å²) < 4.78 is 0. The largest absolute Gasteiger partial charge is 0.292 e. The fourth-order valence-corrected chi connectivity index (χ4v) is 4.18. The van der Waals surface area contributed by atoms with Crippen molar-refractivity contribution in [3.05, 3.63) is 81.9 Å². The van der Waals surface area contributed by atoms with Crippen LogP contribution in [-0.4, -0.2) is 40.1 Å². The molecule has 3 amide bonds. The summed E-state index contributed by atoms with van der Waals surface area (Å²) in [5, 5.41) is 2.18. The van der Waals surface area contributed by atoms with Crippen LogP contribution in [0.4, 0.5) is 0 Å². The van der Waals surface area contributed by atoms with E-state index in [0.717, 1.165) is 10.0 Å². The van der Waals surface area contributed by atoms with Gasteiger partial charge in [0.25, 0.3) is 17.7 Å². The Morgan fingerprint density at radius 3 is 2.06 bits per heavy atom. The van der Waals surface area contributed by atoms with Crippen LogP contribution in [0.15, 0.2) is 60.7 Å². The molecule has 0 bridgehead atoms. The van der Waals surface area contributed by atoms with Gasteiger partial charge in [-0.05, 0) is 31.0 Å². The van der Waals surface area contributed by atoms with Gasteiger partial charge in [-0.3, -0.25) is 19.2 Å². The third-order valence-corrected chi connectivity index (χ3v) is 6.25. The second-order valence-corrected chi connectivity index (χ2v) is 8.24. The molecule has 2 atom stereocenters. The molecule has 0 N–H and O–H groups in total. The van der Waals surface area contributed by atoms with Gasteiger partial charge in [-0.2, -0.15) is 5.01 Å². The number of carbonyl (C=O) groups is 4. The second kappa shape index (κ2) is 8.65. The maximum atomic E-state index is 13.4. The normalized spacial score (nSPS) is 20.0. The Morgan fingerprint density at radius 1 is 0.871 bits per heavy atom. The van der Waals surface area contributed by atoms with E-state index >= 15 is 0 Å². The van der Waals surface area contributed by atoms with Crippen LogP contribution in [0.3, 0.4) is 0 Å². The average molecular weight is 457 g/mol. The third kappa shape index (κ3) is 4.01. The van der Waals surface area contributed by atoms with E-state index in [1.807, 2.05) is 12.2 Å². The number of hydrazine groups is 1. The SMILES string of the molecule is O=C(CN(C(=O)c1ccc(Cl)c(Cl)c1)N1C(=O)[C@@H]2CC=CC[C@H]2C1=O)c1ccccc1. The molecule has 0 unspecified atom stereocenters. The Bertz CT molecular complexity index is 1070. The number of halogens is 2. The number of Topliss-reactive ketones (excluding diaryl/α,β-unsaturated/α-hetero) is 1. The molecule has 0 radical (unpaired) electrons. The predicted octanol–water partition coefficient (Wildman–Crippen LogP) is 4.18. The highest BCUT2D eigenvalue weighted by Gasteiger charge is 2.51. The Labute approximate surface area is 189 Å². The molecule has 1 heterocycles. The van der Waals surface area contributed by atoms with Crippen molar-refractivity contribution in [2.75, 3.05) is 6.54 Å². The summed E-state index contributed by atoms with van der Waals surface area (Å²) in [4.78, 5) is 52.4. The van der Waals surface area contributed by atoms with Crippen LogP contribution in [0, 0.1) is 11.8 Å². The lowest BCUT2D eigenvalue weighted by molar-refractivity contribution is -0.154. The van der Waals surface area contributed by atoms with Gasteiger partial charge in [-0.25, -0.2) is 5.01 Å². The van der Waals surface area contributed by atoms with Gasteiger partial charge in [0.15, 0.2) is 5.78 Å². The van der Waals surface area contributed by atoms with E-state index in [1.54, 1.807) is 30.3 Å². The van der Waals surface area contributed by atoms with Crippen LogP contribution >= 0.6 is 23.2 Å². The van der Waals surface area contributed by atoms with Gasteiger partial charge in [-0.15, -0.1) is 0 Å². The number of rotatable bonds is 5. The van der Waals surface area contributed by atoms with Crippen molar-refractivity contribution < 1.29 is 19.2 Å². The fraction of sp³-hybridized carbons (Fsp3) is 0.217. The molecule has 1 fully saturated rings. The van der Waals surface area contributed by atoms with Gasteiger partial charge in [0, 0.05) is 11.1 Å². The first kappa shape index (κ1) is 21.3. The molecule has 4 rings (SSSR count). The number of amides is 3. The lowest BCUT2D eigenvalue weighted by atomic mass is 9.85. The van der Waals surface area contributed by atoms with E-state index in [0.29, 0.717) is 18.4 Å². The van der Waals surface area contributed by atoms with E-state index in [2.05, 4.69) is 0 Å². The molecule has 1 aliphatic heterocycles. The topological polar surface area (TPSA) is 74.8 Å². The summed E-state index contributed by atoms with van der Waals surface area (Å²) >= 11 is 12.0. The van der Waals surface area contributed by atoms with Gasteiger partial charge in [-0.1, -0.05) is 65.7 Å². The zero-order chi connectivity index (χ0) is 22.1. The van der Waals surface area contributed by atoms with Crippen molar-refractivity contribution in [2.45, 2.75) is 12.8 Å². The Hall–Kier alpha value is -2.96. The van der Waals surface area contributed by atoms with Crippen LogP contribution in [0.25, 0.3) is 0 Å². The fourth-order valence-electron chi connectivity index (χ4n) is 3.88. The number of fused-ring (bicyclic) bond motifs is 1. The van der Waals surface area contributed by atoms with Crippen LogP contribution < -0.4 is 0 Å². The van der Waals surface area contributed by atoms with Crippen molar-refractivity contribution in [1.82, 2.24) is 10.0 Å². The molecule has 1 saturated heterocycles. The molecule has 0 spiro atoms. The number of imide groups is 1. The van der Waals surface area contributed by atoms with E-state index in [9.17, 15) is 19.2 Å². The van der Waals surface area contributed by atoms with Crippen LogP contribution in [0.1, 0.15) is 33.6 Å². The highest BCUT2D eigenvalue weighted by Crippen LogP contribution is 2.36. The van der Waals surface area contributed by atoms with Crippen LogP contribution in [-0.2, 0) is 9.59 Å². The molecule has 8 heteroatoms. The van der Waals surface area contributed by atoms with Crippen molar-refractivity contribution in [3.63, 3.8) is 0 Å². The minimum Gasteiger partial charge on any atom is -0.292 e. The molecule has 1 aliphatic carbocycles. The first-order chi connectivity index (χ1) is 14.9. The van der Waals surface area contributed by atoms with Gasteiger partial charge in [0.2, 0.25) is 0 Å². The summed E-state index contributed by atoms with van der Waals surface area (Å²) in [6.07, 6.45) is 4.56. The second-order valence-electron chi connectivity index (χ2n) is 7.42. The number of allylic oxidation sites excluding steroid dienone is 2. The molecule has 6 nitrogen and oxygen atoms in total. The molecule has 0 saturated carbocycles. The summed E-state index contributed by atoms with van der Waals surface area (Å²) in [6.45, 7) is -0.465. The summed E-state index contributed by atoms with van der Waals surface area (Å²) in [5.41, 5.74) is 0.483. The Kier molecular flexibility index (Phi) is 5.94. The van der Waals surface area contributed by atoms with Crippen molar-refractivity contribution in [1.29, 1.82) is 0 Å². The number of hydrogen-bond donors (Lipinski definition) is 0. The predicted molar refractivity (Wildman–Crippen MR) is 115 cm³/mol. The quantitative estimate of drug-likeness (QED) is 0.384. The zero-order valence-corrected chi connectivity index (χ0v) is 17.8. The number of ketones is 1. The van der Waals surface area contributed by atoms with Gasteiger partial charge in [0.1, 0.15) is 6.54 Å². The van der Waals surface area contributed by atoms with Crippen LogP contribution in [0.5, 0.6) is 0 Å². The summed E-state index contributed by atoms with van der Waals surface area (Å²) in [5.74, 6) is -3.11. The maximum absolute atomic E-state index is 13.4. The molecule has 2 aromatic carbocycles. The lowest BCUT2D eigenvalue weighted by Crippen LogP contribution is -2.52. The monoisotopic (exact) mass is 456 g/mol.